The van der Waals surface area contributed by atoms with Crippen LogP contribution in [0.4, 0.5) is 0 Å². The molecule has 0 spiro atoms. The smallest absolute Gasteiger partial charge is 0.269 e. The minimum absolute atomic E-state index is 0.0426. The molecule has 124 valence electrons. The van der Waals surface area contributed by atoms with Crippen molar-refractivity contribution in [3.05, 3.63) is 65.2 Å². The Kier molecular flexibility index (Phi) is 6.53. The number of ether oxygens (including phenoxy) is 1. The Hall–Kier alpha value is -2.64. The second kappa shape index (κ2) is 8.85. The molecule has 0 aliphatic heterocycles. The normalized spacial score (nSPS) is 9.71. The summed E-state index contributed by atoms with van der Waals surface area (Å²) < 4.78 is 5.28. The van der Waals surface area contributed by atoms with Crippen molar-refractivity contribution >= 4 is 40.7 Å². The summed E-state index contributed by atoms with van der Waals surface area (Å²) in [6.07, 6.45) is 0. The van der Waals surface area contributed by atoms with E-state index in [9.17, 15) is 9.59 Å². The van der Waals surface area contributed by atoms with Crippen molar-refractivity contribution in [3.63, 3.8) is 0 Å². The fourth-order valence-corrected chi connectivity index (χ4v) is 1.94. The fraction of sp³-hybridized carbons (Fsp3) is 0.0625. The van der Waals surface area contributed by atoms with Crippen LogP contribution < -0.4 is 20.9 Å². The largest absolute Gasteiger partial charge is 0.484 e. The maximum absolute atomic E-state index is 11.8. The van der Waals surface area contributed by atoms with Gasteiger partial charge in [-0.05, 0) is 48.6 Å². The number of hydrogen-bond acceptors (Lipinski definition) is 4. The van der Waals surface area contributed by atoms with E-state index in [1.165, 1.54) is 0 Å². The zero-order chi connectivity index (χ0) is 17.4. The fourth-order valence-electron chi connectivity index (χ4n) is 1.65. The lowest BCUT2D eigenvalue weighted by Crippen LogP contribution is -2.49. The van der Waals surface area contributed by atoms with Crippen LogP contribution in [0.1, 0.15) is 10.4 Å². The number of thiocarbonyl (C=S) groups is 1. The van der Waals surface area contributed by atoms with Crippen molar-refractivity contribution in [2.24, 2.45) is 0 Å². The van der Waals surface area contributed by atoms with E-state index in [4.69, 9.17) is 28.6 Å². The first kappa shape index (κ1) is 17.7. The van der Waals surface area contributed by atoms with Gasteiger partial charge in [0.05, 0.1) is 0 Å². The molecule has 0 unspecified atom stereocenters. The topological polar surface area (TPSA) is 79.5 Å². The summed E-state index contributed by atoms with van der Waals surface area (Å²) in [6.45, 7) is -0.197. The molecule has 0 aromatic heterocycles. The summed E-state index contributed by atoms with van der Waals surface area (Å²) in [4.78, 5) is 23.5. The van der Waals surface area contributed by atoms with Crippen LogP contribution in [0.25, 0.3) is 0 Å². The van der Waals surface area contributed by atoms with Gasteiger partial charge in [-0.2, -0.15) is 0 Å². The van der Waals surface area contributed by atoms with Crippen LogP contribution in [0.3, 0.4) is 0 Å². The highest BCUT2D eigenvalue weighted by Gasteiger charge is 2.08. The minimum Gasteiger partial charge on any atom is -0.484 e. The molecule has 0 saturated carbocycles. The van der Waals surface area contributed by atoms with Crippen molar-refractivity contribution in [2.45, 2.75) is 0 Å². The molecule has 0 aliphatic rings. The monoisotopic (exact) mass is 363 g/mol. The maximum Gasteiger partial charge on any atom is 0.269 e. The Morgan fingerprint density at radius 3 is 2.33 bits per heavy atom. The van der Waals surface area contributed by atoms with Gasteiger partial charge in [-0.3, -0.25) is 25.8 Å². The molecule has 8 heteroatoms. The molecule has 2 aromatic rings. The Bertz CT molecular complexity index is 723. The molecule has 0 radical (unpaired) electrons. The molecule has 0 fully saturated rings. The molecule has 3 N–H and O–H groups in total. The first-order valence-electron chi connectivity index (χ1n) is 6.88. The van der Waals surface area contributed by atoms with Gasteiger partial charge in [0, 0.05) is 10.6 Å². The summed E-state index contributed by atoms with van der Waals surface area (Å²) in [6, 6.07) is 15.2. The van der Waals surface area contributed by atoms with Crippen LogP contribution in [-0.4, -0.2) is 23.5 Å². The van der Waals surface area contributed by atoms with Crippen molar-refractivity contribution < 1.29 is 14.3 Å². The lowest BCUT2D eigenvalue weighted by Gasteiger charge is -2.11. The van der Waals surface area contributed by atoms with Crippen LogP contribution in [0.15, 0.2) is 54.6 Å². The molecule has 24 heavy (non-hydrogen) atoms. The Morgan fingerprint density at radius 1 is 1.00 bits per heavy atom. The van der Waals surface area contributed by atoms with E-state index in [0.29, 0.717) is 16.3 Å². The molecule has 0 bridgehead atoms. The van der Waals surface area contributed by atoms with Gasteiger partial charge in [-0.15, -0.1) is 0 Å². The van der Waals surface area contributed by atoms with E-state index in [2.05, 4.69) is 16.2 Å². The highest BCUT2D eigenvalue weighted by molar-refractivity contribution is 7.80. The van der Waals surface area contributed by atoms with Gasteiger partial charge in [0.25, 0.3) is 11.8 Å². The third-order valence-corrected chi connectivity index (χ3v) is 3.22. The number of rotatable bonds is 4. The Labute approximate surface area is 149 Å². The SMILES string of the molecule is O=C(COc1ccccc1)NC(=S)NNC(=O)c1ccc(Cl)cc1. The van der Waals surface area contributed by atoms with Crippen molar-refractivity contribution in [1.82, 2.24) is 16.2 Å². The molecule has 0 saturated heterocycles. The van der Waals surface area contributed by atoms with Crippen LogP contribution in [0.2, 0.25) is 5.02 Å². The maximum atomic E-state index is 11.8. The molecule has 0 atom stereocenters. The zero-order valence-electron chi connectivity index (χ0n) is 12.4. The van der Waals surface area contributed by atoms with Gasteiger partial charge >= 0.3 is 0 Å². The lowest BCUT2D eigenvalue weighted by molar-refractivity contribution is -0.121. The number of hydrogen-bond donors (Lipinski definition) is 3. The summed E-state index contributed by atoms with van der Waals surface area (Å²) in [5, 5.41) is 2.87. The minimum atomic E-state index is -0.447. The van der Waals surface area contributed by atoms with E-state index in [0.717, 1.165) is 0 Å². The van der Waals surface area contributed by atoms with E-state index < -0.39 is 11.8 Å². The first-order chi connectivity index (χ1) is 11.5. The van der Waals surface area contributed by atoms with Crippen LogP contribution in [0.5, 0.6) is 5.75 Å². The summed E-state index contributed by atoms with van der Waals surface area (Å²) in [5.74, 6) is -0.288. The second-order valence-corrected chi connectivity index (χ2v) is 5.41. The van der Waals surface area contributed by atoms with Gasteiger partial charge in [0.15, 0.2) is 11.7 Å². The summed E-state index contributed by atoms with van der Waals surface area (Å²) in [7, 11) is 0. The molecule has 6 nitrogen and oxygen atoms in total. The number of carbonyl (C=O) groups is 2. The number of halogens is 1. The van der Waals surface area contributed by atoms with Gasteiger partial charge in [-0.1, -0.05) is 29.8 Å². The average molecular weight is 364 g/mol. The highest BCUT2D eigenvalue weighted by atomic mass is 35.5. The molecule has 0 heterocycles. The zero-order valence-corrected chi connectivity index (χ0v) is 14.0. The molecular weight excluding hydrogens is 350 g/mol. The lowest BCUT2D eigenvalue weighted by atomic mass is 10.2. The third-order valence-electron chi connectivity index (χ3n) is 2.76. The Balaban J connectivity index is 1.71. The van der Waals surface area contributed by atoms with Crippen molar-refractivity contribution in [1.29, 1.82) is 0 Å². The van der Waals surface area contributed by atoms with Crippen molar-refractivity contribution in [3.8, 4) is 5.75 Å². The van der Waals surface area contributed by atoms with E-state index in [-0.39, 0.29) is 11.7 Å². The van der Waals surface area contributed by atoms with E-state index in [1.54, 1.807) is 48.5 Å². The average Bonchev–Trinajstić information content (AvgIpc) is 2.59. The van der Waals surface area contributed by atoms with Crippen LogP contribution >= 0.6 is 23.8 Å². The molecular formula is C16H14ClN3O3S. The number of hydrazine groups is 1. The quantitative estimate of drug-likeness (QED) is 0.572. The summed E-state index contributed by atoms with van der Waals surface area (Å²) >= 11 is 10.7. The Morgan fingerprint density at radius 2 is 1.67 bits per heavy atom. The van der Waals surface area contributed by atoms with Gasteiger partial charge in [0.2, 0.25) is 0 Å². The number of nitrogens with one attached hydrogen (secondary N) is 3. The molecule has 2 rings (SSSR count). The number of carbonyl (C=O) groups excluding carboxylic acids is 2. The second-order valence-electron chi connectivity index (χ2n) is 4.57. The third kappa shape index (κ3) is 5.86. The predicted molar refractivity (Wildman–Crippen MR) is 94.7 cm³/mol. The van der Waals surface area contributed by atoms with Gasteiger partial charge < -0.3 is 4.74 Å². The first-order valence-corrected chi connectivity index (χ1v) is 7.67. The van der Waals surface area contributed by atoms with Gasteiger partial charge in [0.1, 0.15) is 5.75 Å². The molecule has 2 aromatic carbocycles. The predicted octanol–water partition coefficient (Wildman–Crippen LogP) is 2.05. The van der Waals surface area contributed by atoms with Gasteiger partial charge in [-0.25, -0.2) is 0 Å². The number of amides is 2. The number of para-hydroxylation sites is 1. The van der Waals surface area contributed by atoms with E-state index >= 15 is 0 Å². The van der Waals surface area contributed by atoms with Crippen molar-refractivity contribution in [2.75, 3.05) is 6.61 Å². The molecule has 2 amide bonds. The van der Waals surface area contributed by atoms with Crippen LogP contribution in [-0.2, 0) is 4.79 Å². The summed E-state index contributed by atoms with van der Waals surface area (Å²) in [5.41, 5.74) is 5.20. The van der Waals surface area contributed by atoms with Crippen LogP contribution in [0, 0.1) is 0 Å². The van der Waals surface area contributed by atoms with E-state index in [1.807, 2.05) is 6.07 Å². The molecule has 0 aliphatic carbocycles. The number of benzene rings is 2. The standard InChI is InChI=1S/C16H14ClN3O3S/c17-12-8-6-11(7-9-12)15(22)19-20-16(24)18-14(21)10-23-13-4-2-1-3-5-13/h1-9H,10H2,(H,19,22)(H2,18,20,21,24). The highest BCUT2D eigenvalue weighted by Crippen LogP contribution is 2.09.